The molecule has 0 aromatic heterocycles. The fourth-order valence-electron chi connectivity index (χ4n) is 2.05. The van der Waals surface area contributed by atoms with Crippen molar-refractivity contribution < 1.29 is 49.1 Å². The summed E-state index contributed by atoms with van der Waals surface area (Å²) in [6.07, 6.45) is 0. The molecule has 2 unspecified atom stereocenters. The van der Waals surface area contributed by atoms with E-state index < -0.39 is 35.5 Å². The molecule has 0 saturated carbocycles. The first kappa shape index (κ1) is 20.6. The van der Waals surface area contributed by atoms with Crippen LogP contribution in [0.15, 0.2) is 60.7 Å². The number of carboxylic acid groups (broad SMARTS) is 2. The molecule has 4 N–H and O–H groups in total. The largest absolute Gasteiger partial charge is 0.476 e. The van der Waals surface area contributed by atoms with Gasteiger partial charge in [-0.15, -0.1) is 0 Å². The summed E-state index contributed by atoms with van der Waals surface area (Å²) in [6.45, 7) is 0. The lowest BCUT2D eigenvalue weighted by Gasteiger charge is -2.34. The predicted octanol–water partition coefficient (Wildman–Crippen LogP) is 0.247. The molecule has 0 saturated heterocycles. The van der Waals surface area contributed by atoms with Gasteiger partial charge in [0.05, 0.1) is 11.1 Å². The monoisotopic (exact) mass is 390 g/mol. The van der Waals surface area contributed by atoms with Crippen LogP contribution in [0.2, 0.25) is 0 Å². The lowest BCUT2D eigenvalue weighted by molar-refractivity contribution is -0.328. The highest BCUT2D eigenvalue weighted by Crippen LogP contribution is 2.29. The van der Waals surface area contributed by atoms with Crippen molar-refractivity contribution >= 4 is 23.9 Å². The predicted molar refractivity (Wildman–Crippen MR) is 88.9 cm³/mol. The van der Waals surface area contributed by atoms with Crippen LogP contribution in [0.5, 0.6) is 0 Å². The molecule has 10 heteroatoms. The van der Waals surface area contributed by atoms with E-state index in [1.54, 1.807) is 0 Å². The Morgan fingerprint density at radius 1 is 0.607 bits per heavy atom. The van der Waals surface area contributed by atoms with Crippen molar-refractivity contribution in [2.75, 3.05) is 0 Å². The molecule has 0 bridgehead atoms. The van der Waals surface area contributed by atoms with Crippen molar-refractivity contribution in [2.24, 2.45) is 0 Å². The van der Waals surface area contributed by atoms with Crippen molar-refractivity contribution in [3.63, 3.8) is 0 Å². The molecule has 0 radical (unpaired) electrons. The lowest BCUT2D eigenvalue weighted by atomic mass is 10.1. The molecule has 28 heavy (non-hydrogen) atoms. The van der Waals surface area contributed by atoms with E-state index in [0.717, 1.165) is 0 Å². The highest BCUT2D eigenvalue weighted by Gasteiger charge is 2.68. The highest BCUT2D eigenvalue weighted by molar-refractivity contribution is 5.97. The third-order valence-electron chi connectivity index (χ3n) is 3.54. The molecule has 0 spiro atoms. The maximum absolute atomic E-state index is 12.1. The number of hydrogen-bond donors (Lipinski definition) is 4. The van der Waals surface area contributed by atoms with Crippen LogP contribution in [0, 0.1) is 0 Å². The van der Waals surface area contributed by atoms with Gasteiger partial charge in [-0.2, -0.15) is 0 Å². The molecule has 0 aliphatic rings. The van der Waals surface area contributed by atoms with Gasteiger partial charge in [-0.25, -0.2) is 19.2 Å². The van der Waals surface area contributed by atoms with Gasteiger partial charge in [0.25, 0.3) is 0 Å². The number of carbonyl (C=O) groups excluding carboxylic acids is 2. The number of benzene rings is 2. The summed E-state index contributed by atoms with van der Waals surface area (Å²) in [5.41, 5.74) is -0.520. The van der Waals surface area contributed by atoms with Gasteiger partial charge in [0, 0.05) is 0 Å². The third-order valence-corrected chi connectivity index (χ3v) is 3.54. The summed E-state index contributed by atoms with van der Waals surface area (Å²) in [5.74, 6) is -16.3. The van der Waals surface area contributed by atoms with E-state index in [1.807, 2.05) is 0 Å². The summed E-state index contributed by atoms with van der Waals surface area (Å²) in [5, 5.41) is 39.0. The summed E-state index contributed by atoms with van der Waals surface area (Å²) >= 11 is 0. The molecule has 0 aliphatic carbocycles. The van der Waals surface area contributed by atoms with Crippen LogP contribution in [-0.2, 0) is 19.1 Å². The van der Waals surface area contributed by atoms with E-state index in [4.69, 9.17) is 0 Å². The van der Waals surface area contributed by atoms with Crippen LogP contribution in [0.25, 0.3) is 0 Å². The van der Waals surface area contributed by atoms with Gasteiger partial charge in [-0.05, 0) is 24.3 Å². The number of ether oxygens (including phenoxy) is 2. The van der Waals surface area contributed by atoms with Crippen molar-refractivity contribution in [1.82, 2.24) is 0 Å². The zero-order valence-corrected chi connectivity index (χ0v) is 14.0. The van der Waals surface area contributed by atoms with Crippen LogP contribution in [0.3, 0.4) is 0 Å². The molecule has 0 aliphatic heterocycles. The van der Waals surface area contributed by atoms with Crippen molar-refractivity contribution in [1.29, 1.82) is 0 Å². The number of hydrogen-bond acceptors (Lipinski definition) is 8. The molecule has 0 amide bonds. The number of esters is 2. The van der Waals surface area contributed by atoms with Crippen molar-refractivity contribution in [3.8, 4) is 0 Å². The van der Waals surface area contributed by atoms with E-state index in [2.05, 4.69) is 9.47 Å². The quantitative estimate of drug-likeness (QED) is 0.380. The molecular formula is C18H14O10. The average molecular weight is 390 g/mol. The molecule has 2 aromatic rings. The van der Waals surface area contributed by atoms with Crippen LogP contribution in [0.1, 0.15) is 20.7 Å². The highest BCUT2D eigenvalue weighted by atomic mass is 16.8. The minimum atomic E-state index is -4.16. The maximum Gasteiger partial charge on any atom is 0.389 e. The summed E-state index contributed by atoms with van der Waals surface area (Å²) in [6, 6.07) is 13.3. The Morgan fingerprint density at radius 3 is 1.14 bits per heavy atom. The first-order valence-electron chi connectivity index (χ1n) is 7.60. The first-order chi connectivity index (χ1) is 13.1. The number of aliphatic carboxylic acids is 2. The van der Waals surface area contributed by atoms with Crippen LogP contribution < -0.4 is 0 Å². The molecule has 10 nitrogen and oxygen atoms in total. The summed E-state index contributed by atoms with van der Waals surface area (Å²) in [7, 11) is 0. The Labute approximate surface area is 157 Å². The second-order valence-electron chi connectivity index (χ2n) is 5.41. The molecule has 2 rings (SSSR count). The minimum Gasteiger partial charge on any atom is -0.476 e. The smallest absolute Gasteiger partial charge is 0.389 e. The van der Waals surface area contributed by atoms with Crippen LogP contribution in [-0.4, -0.2) is 55.9 Å². The number of carbonyl (C=O) groups is 4. The van der Waals surface area contributed by atoms with Crippen molar-refractivity contribution in [2.45, 2.75) is 11.6 Å². The normalized spacial score (nSPS) is 14.8. The van der Waals surface area contributed by atoms with Gasteiger partial charge in [0.15, 0.2) is 0 Å². The van der Waals surface area contributed by atoms with E-state index in [0.29, 0.717) is 0 Å². The Kier molecular flexibility index (Phi) is 5.77. The zero-order chi connectivity index (χ0) is 20.9. The third kappa shape index (κ3) is 3.82. The summed E-state index contributed by atoms with van der Waals surface area (Å²) < 4.78 is 8.72. The van der Waals surface area contributed by atoms with Crippen LogP contribution >= 0.6 is 0 Å². The van der Waals surface area contributed by atoms with Gasteiger partial charge in [0.2, 0.25) is 0 Å². The topological polar surface area (TPSA) is 168 Å². The molecule has 2 atom stereocenters. The summed E-state index contributed by atoms with van der Waals surface area (Å²) in [4.78, 5) is 47.2. The average Bonchev–Trinajstić information content (AvgIpc) is 2.68. The maximum atomic E-state index is 12.1. The molecule has 0 heterocycles. The van der Waals surface area contributed by atoms with Gasteiger partial charge < -0.3 is 29.9 Å². The standard InChI is InChI=1S/C18H14O10/c19-13(11-7-3-1-4-8-11)27-17(25,15(21)22)18(26,16(23)24)28-14(20)12-9-5-2-6-10-12/h1-10,25-26H,(H,21,22)(H,23,24). The number of carboxylic acids is 2. The van der Waals surface area contributed by atoms with E-state index in [9.17, 15) is 39.6 Å². The minimum absolute atomic E-state index is 0.260. The molecule has 0 fully saturated rings. The Hall–Kier alpha value is -3.76. The number of aliphatic hydroxyl groups is 2. The molecular weight excluding hydrogens is 376 g/mol. The van der Waals surface area contributed by atoms with Gasteiger partial charge in [0.1, 0.15) is 0 Å². The van der Waals surface area contributed by atoms with Gasteiger partial charge in [-0.3, -0.25) is 0 Å². The lowest BCUT2D eigenvalue weighted by Crippen LogP contribution is -2.67. The fourth-order valence-corrected chi connectivity index (χ4v) is 2.05. The van der Waals surface area contributed by atoms with Gasteiger partial charge >= 0.3 is 35.5 Å². The van der Waals surface area contributed by atoms with E-state index >= 15 is 0 Å². The SMILES string of the molecule is O=C(OC(O)(C(=O)O)C(O)(OC(=O)c1ccccc1)C(=O)O)c1ccccc1. The molecule has 146 valence electrons. The molecule has 2 aromatic carbocycles. The second-order valence-corrected chi connectivity index (χ2v) is 5.41. The number of rotatable bonds is 7. The van der Waals surface area contributed by atoms with Gasteiger partial charge in [-0.1, -0.05) is 36.4 Å². The Balaban J connectivity index is 2.42. The van der Waals surface area contributed by atoms with Crippen molar-refractivity contribution in [3.05, 3.63) is 71.8 Å². The van der Waals surface area contributed by atoms with Crippen LogP contribution in [0.4, 0.5) is 0 Å². The van der Waals surface area contributed by atoms with E-state index in [1.165, 1.54) is 60.7 Å². The Morgan fingerprint density at radius 2 is 0.893 bits per heavy atom. The first-order valence-corrected chi connectivity index (χ1v) is 7.60. The van der Waals surface area contributed by atoms with E-state index in [-0.39, 0.29) is 11.1 Å². The zero-order valence-electron chi connectivity index (χ0n) is 14.0. The second kappa shape index (κ2) is 7.86. The fraction of sp³-hybridized carbons (Fsp3) is 0.111. The Bertz CT molecular complexity index is 820.